The number of hydrogen-bond donors (Lipinski definition) is 4. The van der Waals surface area contributed by atoms with Gasteiger partial charge < -0.3 is 24.9 Å². The van der Waals surface area contributed by atoms with Crippen molar-refractivity contribution in [1.29, 1.82) is 0 Å². The topological polar surface area (TPSA) is 173 Å². The normalized spacial score (nSPS) is 12.4. The Bertz CT molecular complexity index is 3220. The van der Waals surface area contributed by atoms with Gasteiger partial charge in [0.15, 0.2) is 0 Å². The molecule has 1 atom stereocenters. The van der Waals surface area contributed by atoms with Crippen molar-refractivity contribution in [2.75, 3.05) is 119 Å². The second-order valence-corrected chi connectivity index (χ2v) is 38.4. The molecule has 17 nitrogen and oxygen atoms in total. The van der Waals surface area contributed by atoms with E-state index in [-0.39, 0.29) is 15.5 Å². The Kier molecular flexibility index (Phi) is 54.0. The highest BCUT2D eigenvalue weighted by Crippen LogP contribution is 2.59. The Morgan fingerprint density at radius 1 is 0.371 bits per heavy atom. The lowest BCUT2D eigenvalue weighted by molar-refractivity contribution is 0.0386. The Morgan fingerprint density at radius 2 is 0.655 bits per heavy atom. The number of unbranched alkanes of at least 4 members (excludes halogenated alkanes) is 41. The monoisotopic (exact) mass is 1650 g/mol. The molecular weight excluding hydrogens is 1480 g/mol. The van der Waals surface area contributed by atoms with E-state index in [1.54, 1.807) is 5.12 Å². The van der Waals surface area contributed by atoms with Crippen molar-refractivity contribution in [3.8, 4) is 0 Å². The van der Waals surface area contributed by atoms with Gasteiger partial charge in [-0.1, -0.05) is 380 Å². The first kappa shape index (κ1) is 103. The Labute approximate surface area is 713 Å². The number of nitrogens with zero attached hydrogens (tertiary/aromatic N) is 8. The lowest BCUT2D eigenvalue weighted by Gasteiger charge is -2.52. The molecule has 0 aromatic heterocycles. The van der Waals surface area contributed by atoms with Crippen LogP contribution in [0.1, 0.15) is 372 Å². The maximum atomic E-state index is 17.9. The van der Waals surface area contributed by atoms with Gasteiger partial charge in [0, 0.05) is 58.9 Å². The van der Waals surface area contributed by atoms with Crippen LogP contribution in [-0.4, -0.2) is 116 Å². The van der Waals surface area contributed by atoms with Crippen LogP contribution in [0.2, 0.25) is 0 Å². The molecule has 4 aromatic rings. The maximum absolute atomic E-state index is 17.9. The minimum Gasteiger partial charge on any atom is -0.382 e. The van der Waals surface area contributed by atoms with E-state index in [9.17, 15) is 0 Å². The van der Waals surface area contributed by atoms with E-state index in [4.69, 9.17) is 5.73 Å². The molecular formula is C97H174N12O5S2. The molecule has 4 aromatic carbocycles. The number of hydrazine groups is 2. The molecule has 0 bridgehead atoms. The van der Waals surface area contributed by atoms with E-state index in [1.807, 2.05) is 91.0 Å². The number of sulfonamides is 2. The quantitative estimate of drug-likeness (QED) is 0.0187. The summed E-state index contributed by atoms with van der Waals surface area (Å²) in [5.74, 6) is -2.72. The van der Waals surface area contributed by atoms with Crippen LogP contribution in [0.15, 0.2) is 91.0 Å². The third-order valence-corrected chi connectivity index (χ3v) is 26.3. The fraction of sp³-hybridized carbons (Fsp3) is 0.742. The Morgan fingerprint density at radius 3 is 0.966 bits per heavy atom. The molecule has 0 aliphatic carbocycles. The lowest BCUT2D eigenvalue weighted by Crippen LogP contribution is -2.81. The van der Waals surface area contributed by atoms with E-state index in [2.05, 4.69) is 112 Å². The predicted molar refractivity (Wildman–Crippen MR) is 508 cm³/mol. The van der Waals surface area contributed by atoms with Gasteiger partial charge in [0.2, 0.25) is 20.0 Å². The van der Waals surface area contributed by atoms with Crippen molar-refractivity contribution in [1.82, 2.24) is 14.0 Å². The molecule has 116 heavy (non-hydrogen) atoms. The highest BCUT2D eigenvalue weighted by Gasteiger charge is 2.56. The van der Waals surface area contributed by atoms with Crippen molar-refractivity contribution < 1.29 is 21.6 Å². The van der Waals surface area contributed by atoms with Crippen LogP contribution < -0.4 is 51.4 Å². The molecule has 2 amide bonds. The van der Waals surface area contributed by atoms with Gasteiger partial charge in [-0.2, -0.15) is 10.1 Å². The number of urea groups is 1. The van der Waals surface area contributed by atoms with Crippen molar-refractivity contribution in [3.05, 3.63) is 91.0 Å². The number of benzene rings is 4. The van der Waals surface area contributed by atoms with Crippen molar-refractivity contribution in [3.63, 3.8) is 0 Å². The molecule has 1 unspecified atom stereocenters. The highest BCUT2D eigenvalue weighted by atomic mass is 32.3. The van der Waals surface area contributed by atoms with Gasteiger partial charge >= 0.3 is 6.03 Å². The summed E-state index contributed by atoms with van der Waals surface area (Å²) in [5, 5.41) is 10.3. The van der Waals surface area contributed by atoms with Crippen LogP contribution in [0.4, 0.5) is 56.0 Å². The number of hydrogen-bond acceptors (Lipinski definition) is 14. The van der Waals surface area contributed by atoms with E-state index in [0.29, 0.717) is 55.5 Å². The van der Waals surface area contributed by atoms with Crippen LogP contribution >= 0.6 is 0 Å². The van der Waals surface area contributed by atoms with Crippen LogP contribution in [0.25, 0.3) is 0 Å². The minimum atomic E-state index is -4.92. The molecule has 4 rings (SSSR count). The summed E-state index contributed by atoms with van der Waals surface area (Å²) in [6.45, 7) is 31.2. The largest absolute Gasteiger partial charge is 0.382 e. The van der Waals surface area contributed by atoms with Crippen molar-refractivity contribution in [2.24, 2.45) is 17.6 Å². The average Bonchev–Trinajstić information content (AvgIpc) is 0.710. The van der Waals surface area contributed by atoms with Crippen molar-refractivity contribution >= 4 is 77.3 Å². The van der Waals surface area contributed by atoms with Crippen LogP contribution in [0.3, 0.4) is 0 Å². The molecule has 0 heterocycles. The standard InChI is InChI=1S/C97H174N12O5S2/c1-15-22-27-32-35-37-39-41-43-45-47-49-51-53-56-70-81-104(82-71-57-54-52-50-48-46-44-42-40-38-36-33-28-23-16-2)93-91(103(79-68-30-25-18-4)80-69-31-26-19-5)90(100-78-67-55-34-29-24-17-3)92(102(20-6)21-7)95(94(93)105(83-85(8)9)84-86(10)11)108(101-87-72-61-58-62-73-87)107(97(98,99-12)109(115(13,111)112)116(14,113)114)96(110)106(88-74-63-59-64-75-88)89-76-65-60-66-77-89/h58-66,72-77,85-86,99-101H,15-57,67-71,78-84,98H2,1-14H3. The van der Waals surface area contributed by atoms with Gasteiger partial charge in [-0.25, -0.2) is 21.6 Å². The van der Waals surface area contributed by atoms with E-state index in [0.717, 1.165) is 183 Å². The van der Waals surface area contributed by atoms with Crippen LogP contribution in [0, 0.1) is 11.8 Å². The summed E-state index contributed by atoms with van der Waals surface area (Å²) in [4.78, 5) is 30.0. The van der Waals surface area contributed by atoms with E-state index in [1.165, 1.54) is 197 Å². The fourth-order valence-electron chi connectivity index (χ4n) is 16.8. The number of rotatable bonds is 73. The molecule has 0 aliphatic rings. The summed E-state index contributed by atoms with van der Waals surface area (Å²) >= 11 is 0. The lowest BCUT2D eigenvalue weighted by atomic mass is 9.99. The summed E-state index contributed by atoms with van der Waals surface area (Å²) in [6, 6.07) is 27.4. The SMILES string of the molecule is CCCCCCCCCCCCCCCCCCN(CCCCCCCCCCCCCCCCCC)c1c(N(CCCCCC)CCCCCC)c(NCCCCCCCC)c(N(CC)CC)c(N(Nc2ccccc2)N(C(=O)N(c2ccccc2)c2ccccc2)C(N)(NC)N(S(C)(=O)=O)S(C)(=O)=O)c1N(CC(C)C)CC(C)C. The summed E-state index contributed by atoms with van der Waals surface area (Å²) < 4.78 is 61.1. The van der Waals surface area contributed by atoms with E-state index >= 15 is 21.6 Å². The zero-order valence-corrected chi connectivity index (χ0v) is 78.4. The minimum absolute atomic E-state index is 0.116. The second-order valence-electron chi connectivity index (χ2n) is 34.5. The number of nitrogens with one attached hydrogen (secondary N) is 3. The van der Waals surface area contributed by atoms with Crippen molar-refractivity contribution in [2.45, 2.75) is 377 Å². The number of carbonyl (C=O) groups excluding carboxylic acids is 1. The van der Waals surface area contributed by atoms with Gasteiger partial charge in [-0.05, 0) is 105 Å². The summed E-state index contributed by atoms with van der Waals surface area (Å²) in [7, 11) is -8.41. The number of amides is 2. The molecule has 5 N–H and O–H groups in total. The Balaban J connectivity index is 2.39. The summed E-state index contributed by atoms with van der Waals surface area (Å²) in [6.07, 6.45) is 57.8. The predicted octanol–water partition coefficient (Wildman–Crippen LogP) is 26.7. The zero-order valence-electron chi connectivity index (χ0n) is 76.7. The molecule has 0 fully saturated rings. The first-order valence-corrected chi connectivity index (χ1v) is 51.4. The van der Waals surface area contributed by atoms with Crippen LogP contribution in [-0.2, 0) is 20.0 Å². The molecule has 0 radical (unpaired) electrons. The van der Waals surface area contributed by atoms with Gasteiger partial charge in [0.25, 0.3) is 5.91 Å². The zero-order chi connectivity index (χ0) is 84.7. The number of nitrogens with two attached hydrogens (primary N) is 1. The molecule has 0 saturated carbocycles. The number of para-hydroxylation sites is 3. The van der Waals surface area contributed by atoms with Gasteiger partial charge in [-0.15, -0.1) is 0 Å². The van der Waals surface area contributed by atoms with Gasteiger partial charge in [-0.3, -0.25) is 21.4 Å². The first-order valence-electron chi connectivity index (χ1n) is 47.7. The molecule has 664 valence electrons. The molecule has 19 heteroatoms. The molecule has 0 spiro atoms. The van der Waals surface area contributed by atoms with Gasteiger partial charge in [0.05, 0.1) is 58.0 Å². The Hall–Kier alpha value is -5.47. The average molecular weight is 1650 g/mol. The fourth-order valence-corrected chi connectivity index (χ4v) is 20.1. The molecule has 0 aliphatic heterocycles. The van der Waals surface area contributed by atoms with E-state index < -0.39 is 32.0 Å². The van der Waals surface area contributed by atoms with Crippen LogP contribution in [0.5, 0.6) is 0 Å². The third-order valence-electron chi connectivity index (χ3n) is 22.9. The maximum Gasteiger partial charge on any atom is 0.353 e. The number of anilines is 9. The first-order chi connectivity index (χ1) is 56.1. The van der Waals surface area contributed by atoms with Gasteiger partial charge in [0.1, 0.15) is 5.69 Å². The summed E-state index contributed by atoms with van der Waals surface area (Å²) in [5.41, 5.74) is 18.7. The number of carbonyl (C=O) groups is 1. The second kappa shape index (κ2) is 60.9. The smallest absolute Gasteiger partial charge is 0.353 e. The third kappa shape index (κ3) is 37.7. The molecule has 0 saturated heterocycles. The highest BCUT2D eigenvalue weighted by molar-refractivity contribution is 8.03.